The molecule has 0 unspecified atom stereocenters. The maximum Gasteiger partial charge on any atom is 0.272 e. The normalized spacial score (nSPS) is 10.5. The highest BCUT2D eigenvalue weighted by atomic mass is 16.2. The first-order valence-electron chi connectivity index (χ1n) is 9.82. The van der Waals surface area contributed by atoms with Crippen molar-refractivity contribution in [1.29, 1.82) is 0 Å². The van der Waals surface area contributed by atoms with E-state index >= 15 is 0 Å². The van der Waals surface area contributed by atoms with E-state index in [9.17, 15) is 9.59 Å². The van der Waals surface area contributed by atoms with Gasteiger partial charge in [0.2, 0.25) is 5.91 Å². The minimum atomic E-state index is -0.656. The molecule has 0 spiro atoms. The lowest BCUT2D eigenvalue weighted by atomic mass is 10.1. The number of nitrogens with one attached hydrogen (secondary N) is 2. The molecule has 0 radical (unpaired) electrons. The molecule has 0 aliphatic carbocycles. The minimum absolute atomic E-state index is 0.185. The maximum absolute atomic E-state index is 12.2. The largest absolute Gasteiger partial charge is 0.355 e. The zero-order valence-corrected chi connectivity index (χ0v) is 17.9. The Morgan fingerprint density at radius 2 is 1.64 bits per heavy atom. The Labute approximate surface area is 169 Å². The molecule has 0 aliphatic rings. The highest BCUT2D eigenvalue weighted by molar-refractivity contribution is 5.95. The van der Waals surface area contributed by atoms with E-state index in [1.807, 2.05) is 51.1 Å². The van der Waals surface area contributed by atoms with Gasteiger partial charge in [-0.3, -0.25) is 14.6 Å². The Bertz CT molecular complexity index is 658. The lowest BCUT2D eigenvalue weighted by molar-refractivity contribution is -0.122. The van der Waals surface area contributed by atoms with Gasteiger partial charge in [0.1, 0.15) is 11.7 Å². The van der Waals surface area contributed by atoms with Crippen LogP contribution in [0.25, 0.3) is 0 Å². The van der Waals surface area contributed by atoms with Gasteiger partial charge in [0.15, 0.2) is 0 Å². The van der Waals surface area contributed by atoms with Gasteiger partial charge in [-0.25, -0.2) is 4.98 Å². The van der Waals surface area contributed by atoms with Crippen molar-refractivity contribution in [3.8, 4) is 0 Å². The van der Waals surface area contributed by atoms with Crippen LogP contribution in [-0.4, -0.2) is 34.4 Å². The van der Waals surface area contributed by atoms with Gasteiger partial charge in [0.05, 0.1) is 6.20 Å². The maximum atomic E-state index is 12.2. The molecule has 2 N–H and O–H groups in total. The predicted octanol–water partition coefficient (Wildman–Crippen LogP) is 3.64. The molecule has 2 aromatic rings. The highest BCUT2D eigenvalue weighted by Gasteiger charge is 2.21. The summed E-state index contributed by atoms with van der Waals surface area (Å²) in [4.78, 5) is 32.1. The first-order valence-corrected chi connectivity index (χ1v) is 9.82. The smallest absolute Gasteiger partial charge is 0.272 e. The number of likely N-dealkylation sites (N-methyl/N-ethyl adjacent to an activating group) is 1. The van der Waals surface area contributed by atoms with Crippen molar-refractivity contribution in [2.24, 2.45) is 5.92 Å². The number of aromatic nitrogens is 2. The fourth-order valence-electron chi connectivity index (χ4n) is 2.01. The fourth-order valence-corrected chi connectivity index (χ4v) is 2.01. The molecular formula is C22H34N4O2. The second-order valence-corrected chi connectivity index (χ2v) is 6.43. The van der Waals surface area contributed by atoms with Gasteiger partial charge < -0.3 is 10.6 Å². The molecule has 28 heavy (non-hydrogen) atoms. The molecule has 1 aromatic heterocycles. The van der Waals surface area contributed by atoms with Gasteiger partial charge in [-0.1, -0.05) is 65.0 Å². The Kier molecular flexibility index (Phi) is 13.8. The van der Waals surface area contributed by atoms with Crippen LogP contribution in [0.3, 0.4) is 0 Å². The molecule has 1 atom stereocenters. The van der Waals surface area contributed by atoms with E-state index in [1.165, 1.54) is 18.6 Å². The third-order valence-electron chi connectivity index (χ3n) is 3.05. The van der Waals surface area contributed by atoms with Crippen LogP contribution >= 0.6 is 0 Å². The van der Waals surface area contributed by atoms with Gasteiger partial charge in [-0.2, -0.15) is 0 Å². The number of amides is 2. The van der Waals surface area contributed by atoms with E-state index in [-0.39, 0.29) is 11.6 Å². The molecule has 2 amide bonds. The average Bonchev–Trinajstić information content (AvgIpc) is 2.70. The third-order valence-corrected chi connectivity index (χ3v) is 3.05. The Hall–Kier alpha value is -2.76. The van der Waals surface area contributed by atoms with Crippen LogP contribution in [0.2, 0.25) is 0 Å². The summed E-state index contributed by atoms with van der Waals surface area (Å²) in [6, 6.07) is 8.88. The van der Waals surface area contributed by atoms with Crippen molar-refractivity contribution in [3.05, 3.63) is 60.2 Å². The van der Waals surface area contributed by atoms with Crippen molar-refractivity contribution >= 4 is 11.8 Å². The summed E-state index contributed by atoms with van der Waals surface area (Å²) in [5, 5.41) is 5.45. The molecule has 0 aliphatic heterocycles. The van der Waals surface area contributed by atoms with E-state index < -0.39 is 11.9 Å². The number of benzene rings is 1. The summed E-state index contributed by atoms with van der Waals surface area (Å²) < 4.78 is 0. The molecule has 0 saturated carbocycles. The summed E-state index contributed by atoms with van der Waals surface area (Å²) in [6.45, 7) is 12.8. The molecule has 0 bridgehead atoms. The summed E-state index contributed by atoms with van der Waals surface area (Å²) in [5.74, 6) is 0.198. The van der Waals surface area contributed by atoms with Crippen LogP contribution in [-0.2, 0) is 11.2 Å². The molecule has 1 aromatic carbocycles. The molecule has 6 nitrogen and oxygen atoms in total. The second-order valence-electron chi connectivity index (χ2n) is 6.43. The van der Waals surface area contributed by atoms with E-state index in [0.717, 1.165) is 11.5 Å². The quantitative estimate of drug-likeness (QED) is 0.794. The highest BCUT2D eigenvalue weighted by Crippen LogP contribution is 2.04. The van der Waals surface area contributed by atoms with E-state index in [4.69, 9.17) is 0 Å². The zero-order chi connectivity index (χ0) is 21.4. The number of carbonyl (C=O) groups excluding carboxylic acids is 2. The molecular weight excluding hydrogens is 352 g/mol. The average molecular weight is 387 g/mol. The van der Waals surface area contributed by atoms with Gasteiger partial charge in [-0.05, 0) is 18.4 Å². The van der Waals surface area contributed by atoms with Crippen LogP contribution in [0.1, 0.15) is 57.6 Å². The van der Waals surface area contributed by atoms with E-state index in [1.54, 1.807) is 0 Å². The third kappa shape index (κ3) is 11.1. The van der Waals surface area contributed by atoms with Crippen LogP contribution < -0.4 is 10.6 Å². The summed E-state index contributed by atoms with van der Waals surface area (Å²) in [5.41, 5.74) is 1.16. The molecule has 6 heteroatoms. The lowest BCUT2D eigenvalue weighted by Crippen LogP contribution is -2.48. The van der Waals surface area contributed by atoms with Crippen LogP contribution in [0, 0.1) is 5.92 Å². The standard InChI is InChI=1S/C16H18N4O2.C4H10.C2H6/c1-2-18-15(21)13(10-12-6-4-3-5-7-12)20-16(22)14-11-17-8-9-19-14;1-4(2)3;1-2/h3-9,11,13H,2,10H2,1H3,(H,18,21)(H,20,22);4H,1-3H3;1-2H3/t13-;;/m0../s1. The monoisotopic (exact) mass is 386 g/mol. The molecule has 0 fully saturated rings. The summed E-state index contributed by atoms with van der Waals surface area (Å²) >= 11 is 0. The van der Waals surface area contributed by atoms with Crippen LogP contribution in [0.15, 0.2) is 48.9 Å². The van der Waals surface area contributed by atoms with Crippen molar-refractivity contribution < 1.29 is 9.59 Å². The Morgan fingerprint density at radius 1 is 1.04 bits per heavy atom. The SMILES string of the molecule is CC.CC(C)C.CCNC(=O)[C@H](Cc1ccccc1)NC(=O)c1cnccn1. The zero-order valence-electron chi connectivity index (χ0n) is 17.9. The Balaban J connectivity index is 0.00000108. The van der Waals surface area contributed by atoms with E-state index in [0.29, 0.717) is 13.0 Å². The first kappa shape index (κ1) is 25.2. The number of hydrogen-bond donors (Lipinski definition) is 2. The predicted molar refractivity (Wildman–Crippen MR) is 114 cm³/mol. The van der Waals surface area contributed by atoms with E-state index in [2.05, 4.69) is 41.4 Å². The summed E-state index contributed by atoms with van der Waals surface area (Å²) in [7, 11) is 0. The van der Waals surface area contributed by atoms with Gasteiger partial charge >= 0.3 is 0 Å². The lowest BCUT2D eigenvalue weighted by Gasteiger charge is -2.18. The second kappa shape index (κ2) is 15.3. The fraction of sp³-hybridized carbons (Fsp3) is 0.455. The number of nitrogens with zero attached hydrogens (tertiary/aromatic N) is 2. The van der Waals surface area contributed by atoms with Gasteiger partial charge in [0.25, 0.3) is 5.91 Å². The minimum Gasteiger partial charge on any atom is -0.355 e. The van der Waals surface area contributed by atoms with Crippen molar-refractivity contribution in [1.82, 2.24) is 20.6 Å². The van der Waals surface area contributed by atoms with Gasteiger partial charge in [-0.15, -0.1) is 0 Å². The van der Waals surface area contributed by atoms with Gasteiger partial charge in [0, 0.05) is 25.4 Å². The molecule has 2 rings (SSSR count). The van der Waals surface area contributed by atoms with Crippen molar-refractivity contribution in [2.45, 2.75) is 54.0 Å². The van der Waals surface area contributed by atoms with Crippen molar-refractivity contribution in [2.75, 3.05) is 6.54 Å². The first-order chi connectivity index (χ1) is 13.4. The van der Waals surface area contributed by atoms with Crippen LogP contribution in [0.5, 0.6) is 0 Å². The topological polar surface area (TPSA) is 84.0 Å². The number of hydrogen-bond acceptors (Lipinski definition) is 4. The van der Waals surface area contributed by atoms with Crippen molar-refractivity contribution in [3.63, 3.8) is 0 Å². The number of carbonyl (C=O) groups is 2. The van der Waals surface area contributed by atoms with Crippen LogP contribution in [0.4, 0.5) is 0 Å². The Morgan fingerprint density at radius 3 is 2.14 bits per heavy atom. The molecule has 0 saturated heterocycles. The molecule has 154 valence electrons. The number of rotatable bonds is 6. The summed E-state index contributed by atoms with van der Waals surface area (Å²) in [6.07, 6.45) is 4.71. The molecule has 1 heterocycles.